The number of methoxy groups -OCH3 is 2. The number of carbonyl (C=O) groups is 1. The lowest BCUT2D eigenvalue weighted by atomic mass is 10.1. The van der Waals surface area contributed by atoms with Crippen LogP contribution in [0.5, 0.6) is 0 Å². The maximum absolute atomic E-state index is 11.3. The maximum Gasteiger partial charge on any atom is 0.337 e. The molecule has 1 rings (SSSR count). The fourth-order valence-electron chi connectivity index (χ4n) is 1.32. The summed E-state index contributed by atoms with van der Waals surface area (Å²) in [6.07, 6.45) is -0.650. The van der Waals surface area contributed by atoms with Crippen molar-refractivity contribution in [1.82, 2.24) is 0 Å². The minimum absolute atomic E-state index is 0.455. The molecule has 5 nitrogen and oxygen atoms in total. The molecule has 0 aromatic rings. The largest absolute Gasteiger partial charge is 0.425 e. The first-order chi connectivity index (χ1) is 6.38. The highest BCUT2D eigenvalue weighted by Gasteiger charge is 2.56. The van der Waals surface area contributed by atoms with E-state index in [2.05, 4.69) is 0 Å². The number of esters is 1. The quantitative estimate of drug-likeness (QED) is 0.619. The van der Waals surface area contributed by atoms with Crippen molar-refractivity contribution in [2.75, 3.05) is 14.2 Å². The van der Waals surface area contributed by atoms with Crippen LogP contribution in [0.1, 0.15) is 20.8 Å². The Balaban J connectivity index is 2.97. The summed E-state index contributed by atoms with van der Waals surface area (Å²) in [5, 5.41) is 0. The van der Waals surface area contributed by atoms with Crippen molar-refractivity contribution >= 4 is 5.97 Å². The maximum atomic E-state index is 11.3. The highest BCUT2D eigenvalue weighted by Crippen LogP contribution is 2.36. The van der Waals surface area contributed by atoms with Gasteiger partial charge in [-0.1, -0.05) is 0 Å². The van der Waals surface area contributed by atoms with Gasteiger partial charge in [0, 0.05) is 21.1 Å². The van der Waals surface area contributed by atoms with Gasteiger partial charge in [0.25, 0.3) is 5.79 Å². The molecule has 0 saturated carbocycles. The van der Waals surface area contributed by atoms with Crippen LogP contribution < -0.4 is 0 Å². The Hall–Kier alpha value is -0.650. The highest BCUT2D eigenvalue weighted by atomic mass is 16.8. The SMILES string of the molecule is CO[C@]1(C)OC(=O)[C@H](C)O[C@@]1(C)OC. The van der Waals surface area contributed by atoms with E-state index in [4.69, 9.17) is 18.9 Å². The van der Waals surface area contributed by atoms with Gasteiger partial charge >= 0.3 is 5.97 Å². The molecule has 0 bridgehead atoms. The first-order valence-electron chi connectivity index (χ1n) is 4.39. The molecule has 82 valence electrons. The van der Waals surface area contributed by atoms with Crippen molar-refractivity contribution in [3.63, 3.8) is 0 Å². The van der Waals surface area contributed by atoms with Crippen LogP contribution in [-0.4, -0.2) is 37.9 Å². The van der Waals surface area contributed by atoms with Crippen molar-refractivity contribution in [1.29, 1.82) is 0 Å². The molecule has 14 heavy (non-hydrogen) atoms. The van der Waals surface area contributed by atoms with Gasteiger partial charge in [-0.05, 0) is 13.8 Å². The molecule has 1 heterocycles. The van der Waals surface area contributed by atoms with Crippen molar-refractivity contribution in [3.8, 4) is 0 Å². The van der Waals surface area contributed by atoms with Crippen molar-refractivity contribution < 1.29 is 23.7 Å². The van der Waals surface area contributed by atoms with Crippen LogP contribution in [0.2, 0.25) is 0 Å². The number of carbonyl (C=O) groups excluding carboxylic acids is 1. The van der Waals surface area contributed by atoms with Gasteiger partial charge in [0.05, 0.1) is 0 Å². The Bertz CT molecular complexity index is 241. The van der Waals surface area contributed by atoms with Gasteiger partial charge in [-0.2, -0.15) is 0 Å². The van der Waals surface area contributed by atoms with E-state index in [1.807, 2.05) is 0 Å². The third kappa shape index (κ3) is 1.51. The van der Waals surface area contributed by atoms with E-state index in [1.54, 1.807) is 20.8 Å². The molecule has 0 aliphatic carbocycles. The van der Waals surface area contributed by atoms with Crippen LogP contribution in [0.25, 0.3) is 0 Å². The summed E-state index contributed by atoms with van der Waals surface area (Å²) in [5.41, 5.74) is 0. The topological polar surface area (TPSA) is 54.0 Å². The molecule has 3 atom stereocenters. The first-order valence-corrected chi connectivity index (χ1v) is 4.39. The fraction of sp³-hybridized carbons (Fsp3) is 0.889. The van der Waals surface area contributed by atoms with Crippen LogP contribution in [0.3, 0.4) is 0 Å². The van der Waals surface area contributed by atoms with E-state index in [9.17, 15) is 4.79 Å². The predicted octanol–water partition coefficient (Wildman–Crippen LogP) is 0.673. The average Bonchev–Trinajstić information content (AvgIpc) is 2.15. The van der Waals surface area contributed by atoms with Crippen molar-refractivity contribution in [2.24, 2.45) is 0 Å². The van der Waals surface area contributed by atoms with Gasteiger partial charge in [0.1, 0.15) is 0 Å². The first kappa shape index (κ1) is 11.4. The van der Waals surface area contributed by atoms with Crippen LogP contribution in [0.15, 0.2) is 0 Å². The summed E-state index contributed by atoms with van der Waals surface area (Å²) in [7, 11) is 2.91. The second kappa shape index (κ2) is 3.49. The van der Waals surface area contributed by atoms with Gasteiger partial charge < -0.3 is 18.9 Å². The van der Waals surface area contributed by atoms with Crippen molar-refractivity contribution in [3.05, 3.63) is 0 Å². The fourth-order valence-corrected chi connectivity index (χ4v) is 1.32. The molecule has 0 radical (unpaired) electrons. The molecule has 0 unspecified atom stereocenters. The Labute approximate surface area is 83.3 Å². The van der Waals surface area contributed by atoms with Crippen LogP contribution in [0, 0.1) is 0 Å². The van der Waals surface area contributed by atoms with Gasteiger partial charge in [-0.3, -0.25) is 0 Å². The monoisotopic (exact) mass is 204 g/mol. The molecule has 1 aliphatic heterocycles. The molecule has 1 saturated heterocycles. The van der Waals surface area contributed by atoms with E-state index in [-0.39, 0.29) is 0 Å². The number of ether oxygens (including phenoxy) is 4. The van der Waals surface area contributed by atoms with E-state index < -0.39 is 23.6 Å². The van der Waals surface area contributed by atoms with Crippen LogP contribution >= 0.6 is 0 Å². The number of rotatable bonds is 2. The number of hydrogen-bond acceptors (Lipinski definition) is 5. The Morgan fingerprint density at radius 2 is 1.71 bits per heavy atom. The van der Waals surface area contributed by atoms with Gasteiger partial charge in [0.15, 0.2) is 6.10 Å². The smallest absolute Gasteiger partial charge is 0.337 e. The zero-order chi connectivity index (χ0) is 11.0. The Kier molecular flexibility index (Phi) is 2.85. The lowest BCUT2D eigenvalue weighted by Gasteiger charge is -2.47. The van der Waals surface area contributed by atoms with E-state index in [1.165, 1.54) is 14.2 Å². The third-order valence-electron chi connectivity index (χ3n) is 2.63. The minimum Gasteiger partial charge on any atom is -0.425 e. The van der Waals surface area contributed by atoms with E-state index >= 15 is 0 Å². The highest BCUT2D eigenvalue weighted by molar-refractivity contribution is 5.75. The van der Waals surface area contributed by atoms with E-state index in [0.717, 1.165) is 0 Å². The zero-order valence-corrected chi connectivity index (χ0v) is 9.12. The standard InChI is InChI=1S/C9H16O5/c1-6-7(10)14-9(3,12-5)8(2,11-4)13-6/h6H,1-5H3/t6-,8+,9+/m0/s1. The van der Waals surface area contributed by atoms with Crippen molar-refractivity contribution in [2.45, 2.75) is 38.4 Å². The van der Waals surface area contributed by atoms with Crippen LogP contribution in [0.4, 0.5) is 0 Å². The number of hydrogen-bond donors (Lipinski definition) is 0. The molecule has 0 spiro atoms. The summed E-state index contributed by atoms with van der Waals surface area (Å²) < 4.78 is 20.8. The summed E-state index contributed by atoms with van der Waals surface area (Å²) >= 11 is 0. The molecule has 1 aliphatic rings. The van der Waals surface area contributed by atoms with Gasteiger partial charge in [0.2, 0.25) is 5.79 Å². The third-order valence-corrected chi connectivity index (χ3v) is 2.63. The lowest BCUT2D eigenvalue weighted by Crippen LogP contribution is -2.63. The lowest BCUT2D eigenvalue weighted by molar-refractivity contribution is -0.404. The summed E-state index contributed by atoms with van der Waals surface area (Å²) in [5.74, 6) is -2.76. The summed E-state index contributed by atoms with van der Waals surface area (Å²) in [6, 6.07) is 0. The molecule has 1 fully saturated rings. The predicted molar refractivity (Wildman–Crippen MR) is 47.5 cm³/mol. The zero-order valence-electron chi connectivity index (χ0n) is 9.12. The summed E-state index contributed by atoms with van der Waals surface area (Å²) in [6.45, 7) is 4.87. The Morgan fingerprint density at radius 1 is 1.21 bits per heavy atom. The normalized spacial score (nSPS) is 43.5. The molecule has 5 heteroatoms. The van der Waals surface area contributed by atoms with E-state index in [0.29, 0.717) is 0 Å². The molecular formula is C9H16O5. The molecular weight excluding hydrogens is 188 g/mol. The second-order valence-electron chi connectivity index (χ2n) is 3.48. The van der Waals surface area contributed by atoms with Gasteiger partial charge in [-0.15, -0.1) is 0 Å². The Morgan fingerprint density at radius 3 is 2.14 bits per heavy atom. The number of cyclic esters (lactones) is 1. The molecule has 0 N–H and O–H groups in total. The molecule has 0 amide bonds. The van der Waals surface area contributed by atoms with Crippen LogP contribution in [-0.2, 0) is 23.7 Å². The van der Waals surface area contributed by atoms with Gasteiger partial charge in [-0.25, -0.2) is 4.79 Å². The average molecular weight is 204 g/mol. The molecule has 0 aromatic heterocycles. The summed E-state index contributed by atoms with van der Waals surface area (Å²) in [4.78, 5) is 11.3. The second-order valence-corrected chi connectivity index (χ2v) is 3.48. The minimum atomic E-state index is -1.22. The molecule has 0 aromatic carbocycles.